The van der Waals surface area contributed by atoms with E-state index in [2.05, 4.69) is 5.32 Å². The van der Waals surface area contributed by atoms with Gasteiger partial charge in [0.2, 0.25) is 0 Å². The van der Waals surface area contributed by atoms with Crippen LogP contribution in [-0.2, 0) is 4.74 Å². The summed E-state index contributed by atoms with van der Waals surface area (Å²) < 4.78 is 5.12. The molecule has 1 heterocycles. The maximum absolute atomic E-state index is 10.3. The van der Waals surface area contributed by atoms with E-state index in [9.17, 15) is 9.90 Å². The molecule has 12 heavy (non-hydrogen) atoms. The van der Waals surface area contributed by atoms with Crippen LogP contribution in [0, 0.1) is 0 Å². The first-order valence-corrected chi connectivity index (χ1v) is 3.88. The monoisotopic (exact) mass is 175 g/mol. The molecule has 0 aromatic carbocycles. The summed E-state index contributed by atoms with van der Waals surface area (Å²) in [5.74, 6) is 0. The number of aliphatic hydroxyl groups is 1. The first-order chi connectivity index (χ1) is 5.59. The number of hydrogen-bond donors (Lipinski definition) is 3. The van der Waals surface area contributed by atoms with Crippen molar-refractivity contribution < 1.29 is 19.7 Å². The number of amides is 1. The molecule has 0 aromatic heterocycles. The van der Waals surface area contributed by atoms with Crippen LogP contribution in [0.15, 0.2) is 0 Å². The lowest BCUT2D eigenvalue weighted by Gasteiger charge is -2.31. The Labute approximate surface area is 70.3 Å². The number of rotatable bonds is 1. The molecule has 0 saturated carbocycles. The van der Waals surface area contributed by atoms with Crippen molar-refractivity contribution in [3.05, 3.63) is 0 Å². The van der Waals surface area contributed by atoms with Gasteiger partial charge in [0.25, 0.3) is 0 Å². The third-order valence-electron chi connectivity index (χ3n) is 1.91. The lowest BCUT2D eigenvalue weighted by atomic mass is 10.0. The van der Waals surface area contributed by atoms with Gasteiger partial charge in [0.05, 0.1) is 24.9 Å². The Morgan fingerprint density at radius 2 is 2.33 bits per heavy atom. The smallest absolute Gasteiger partial charge is 0.404 e. The van der Waals surface area contributed by atoms with Gasteiger partial charge in [-0.15, -0.1) is 0 Å². The Kier molecular flexibility index (Phi) is 2.88. The Balaban J connectivity index is 2.43. The van der Waals surface area contributed by atoms with Gasteiger partial charge in [-0.2, -0.15) is 0 Å². The van der Waals surface area contributed by atoms with E-state index in [0.717, 1.165) is 0 Å². The second-order valence-electron chi connectivity index (χ2n) is 3.00. The van der Waals surface area contributed by atoms with Gasteiger partial charge in [-0.3, -0.25) is 0 Å². The highest BCUT2D eigenvalue weighted by molar-refractivity contribution is 5.64. The molecule has 1 aliphatic heterocycles. The van der Waals surface area contributed by atoms with Gasteiger partial charge in [-0.25, -0.2) is 4.79 Å². The van der Waals surface area contributed by atoms with Gasteiger partial charge in [-0.1, -0.05) is 0 Å². The van der Waals surface area contributed by atoms with E-state index in [-0.39, 0.29) is 12.7 Å². The molecule has 5 heteroatoms. The van der Waals surface area contributed by atoms with E-state index in [0.29, 0.717) is 6.42 Å². The average molecular weight is 175 g/mol. The highest BCUT2D eigenvalue weighted by Crippen LogP contribution is 2.13. The first kappa shape index (κ1) is 9.28. The fourth-order valence-electron chi connectivity index (χ4n) is 1.28. The first-order valence-electron chi connectivity index (χ1n) is 3.88. The zero-order chi connectivity index (χ0) is 9.14. The van der Waals surface area contributed by atoms with Crippen molar-refractivity contribution in [3.8, 4) is 0 Å². The van der Waals surface area contributed by atoms with Gasteiger partial charge < -0.3 is 20.3 Å². The average Bonchev–Trinajstić information content (AvgIpc) is 1.96. The molecule has 1 unspecified atom stereocenters. The molecule has 1 aliphatic rings. The van der Waals surface area contributed by atoms with Crippen molar-refractivity contribution in [1.82, 2.24) is 5.32 Å². The van der Waals surface area contributed by atoms with E-state index in [1.165, 1.54) is 0 Å². The summed E-state index contributed by atoms with van der Waals surface area (Å²) in [7, 11) is 0. The van der Waals surface area contributed by atoms with Crippen LogP contribution in [0.2, 0.25) is 0 Å². The summed E-state index contributed by atoms with van der Waals surface area (Å²) >= 11 is 0. The third-order valence-corrected chi connectivity index (χ3v) is 1.91. The van der Waals surface area contributed by atoms with E-state index < -0.39 is 18.2 Å². The van der Waals surface area contributed by atoms with Crippen LogP contribution in [0.4, 0.5) is 4.79 Å². The topological polar surface area (TPSA) is 78.8 Å². The van der Waals surface area contributed by atoms with Crippen molar-refractivity contribution in [2.75, 3.05) is 6.61 Å². The van der Waals surface area contributed by atoms with Crippen LogP contribution in [0.5, 0.6) is 0 Å². The van der Waals surface area contributed by atoms with E-state index in [1.807, 2.05) is 6.92 Å². The van der Waals surface area contributed by atoms with Crippen LogP contribution in [0.1, 0.15) is 13.3 Å². The molecule has 3 atom stereocenters. The maximum atomic E-state index is 10.3. The number of carboxylic acid groups (broad SMARTS) is 1. The van der Waals surface area contributed by atoms with Crippen molar-refractivity contribution in [2.45, 2.75) is 31.6 Å². The highest BCUT2D eigenvalue weighted by Gasteiger charge is 2.28. The fourth-order valence-corrected chi connectivity index (χ4v) is 1.28. The highest BCUT2D eigenvalue weighted by atomic mass is 16.5. The van der Waals surface area contributed by atoms with Crippen molar-refractivity contribution in [2.24, 2.45) is 0 Å². The lowest BCUT2D eigenvalue weighted by Crippen LogP contribution is -2.50. The normalized spacial score (nSPS) is 36.0. The molecular formula is C7H13NO4. The van der Waals surface area contributed by atoms with Crippen LogP contribution < -0.4 is 5.32 Å². The Hall–Kier alpha value is -0.810. The Morgan fingerprint density at radius 3 is 2.92 bits per heavy atom. The molecule has 1 saturated heterocycles. The molecular weight excluding hydrogens is 162 g/mol. The van der Waals surface area contributed by atoms with Crippen molar-refractivity contribution in [1.29, 1.82) is 0 Å². The summed E-state index contributed by atoms with van der Waals surface area (Å²) in [6.07, 6.45) is -1.30. The molecule has 1 rings (SSSR count). The third kappa shape index (κ3) is 2.35. The van der Waals surface area contributed by atoms with E-state index in [1.54, 1.807) is 0 Å². The number of aliphatic hydroxyl groups excluding tert-OH is 1. The standard InChI is InChI=1S/C7H13NO4/c1-4-2-5(8-7(10)11)6(9)3-12-4/h4-6,8-9H,2-3H2,1H3,(H,10,11)/t4?,5-,6-/m0/s1. The van der Waals surface area contributed by atoms with Crippen LogP contribution in [-0.4, -0.2) is 41.2 Å². The Morgan fingerprint density at radius 1 is 1.67 bits per heavy atom. The van der Waals surface area contributed by atoms with E-state index >= 15 is 0 Å². The zero-order valence-electron chi connectivity index (χ0n) is 6.86. The maximum Gasteiger partial charge on any atom is 0.404 e. The summed E-state index contributed by atoms with van der Waals surface area (Å²) in [4.78, 5) is 10.3. The zero-order valence-corrected chi connectivity index (χ0v) is 6.86. The van der Waals surface area contributed by atoms with Crippen LogP contribution >= 0.6 is 0 Å². The minimum absolute atomic E-state index is 0.00486. The van der Waals surface area contributed by atoms with Crippen LogP contribution in [0.25, 0.3) is 0 Å². The summed E-state index contributed by atoms with van der Waals surface area (Å²) in [5.41, 5.74) is 0. The van der Waals surface area contributed by atoms with Gasteiger partial charge in [0, 0.05) is 0 Å². The second-order valence-corrected chi connectivity index (χ2v) is 3.00. The summed E-state index contributed by atoms with van der Waals surface area (Å²) in [5, 5.41) is 19.9. The summed E-state index contributed by atoms with van der Waals surface area (Å²) in [6, 6.07) is -0.397. The largest absolute Gasteiger partial charge is 0.465 e. The minimum atomic E-state index is -1.10. The number of hydrogen-bond acceptors (Lipinski definition) is 3. The molecule has 5 nitrogen and oxygen atoms in total. The molecule has 3 N–H and O–H groups in total. The SMILES string of the molecule is CC1C[C@H](NC(=O)O)[C@@H](O)CO1. The molecule has 0 bridgehead atoms. The number of carbonyl (C=O) groups is 1. The quantitative estimate of drug-likeness (QED) is 0.515. The molecule has 70 valence electrons. The van der Waals surface area contributed by atoms with Crippen molar-refractivity contribution in [3.63, 3.8) is 0 Å². The molecule has 0 radical (unpaired) electrons. The van der Waals surface area contributed by atoms with Crippen LogP contribution in [0.3, 0.4) is 0 Å². The van der Waals surface area contributed by atoms with Gasteiger partial charge in [-0.05, 0) is 13.3 Å². The van der Waals surface area contributed by atoms with Gasteiger partial charge >= 0.3 is 6.09 Å². The molecule has 1 amide bonds. The van der Waals surface area contributed by atoms with E-state index in [4.69, 9.17) is 9.84 Å². The second kappa shape index (κ2) is 3.73. The molecule has 1 fully saturated rings. The molecule has 0 spiro atoms. The minimum Gasteiger partial charge on any atom is -0.465 e. The molecule has 0 aliphatic carbocycles. The number of nitrogens with one attached hydrogen (secondary N) is 1. The van der Waals surface area contributed by atoms with Gasteiger partial charge in [0.1, 0.15) is 0 Å². The number of ether oxygens (including phenoxy) is 1. The summed E-state index contributed by atoms with van der Waals surface area (Å²) in [6.45, 7) is 2.05. The predicted molar refractivity (Wildman–Crippen MR) is 41.0 cm³/mol. The fraction of sp³-hybridized carbons (Fsp3) is 0.857. The lowest BCUT2D eigenvalue weighted by molar-refractivity contribution is -0.0647. The Bertz CT molecular complexity index is 173. The van der Waals surface area contributed by atoms with Gasteiger partial charge in [0.15, 0.2) is 0 Å². The predicted octanol–water partition coefficient (Wildman–Crippen LogP) is -0.208. The van der Waals surface area contributed by atoms with Crippen molar-refractivity contribution >= 4 is 6.09 Å². The molecule has 0 aromatic rings.